The van der Waals surface area contributed by atoms with Crippen LogP contribution in [-0.4, -0.2) is 15.9 Å². The highest BCUT2D eigenvalue weighted by atomic mass is 16.2. The maximum Gasteiger partial charge on any atom is 0.224 e. The van der Waals surface area contributed by atoms with Crippen LogP contribution >= 0.6 is 0 Å². The van der Waals surface area contributed by atoms with Crippen molar-refractivity contribution in [2.45, 2.75) is 25.8 Å². The molecule has 1 heterocycles. The van der Waals surface area contributed by atoms with Crippen molar-refractivity contribution in [2.24, 2.45) is 5.92 Å². The van der Waals surface area contributed by atoms with E-state index >= 15 is 0 Å². The fourth-order valence-corrected chi connectivity index (χ4v) is 3.35. The third kappa shape index (κ3) is 3.33. The first-order chi connectivity index (χ1) is 12.2. The van der Waals surface area contributed by atoms with Crippen LogP contribution in [0.25, 0.3) is 11.3 Å². The molecule has 1 aromatic heterocycles. The fraction of sp³-hybridized carbons (Fsp3) is 0.238. The van der Waals surface area contributed by atoms with Gasteiger partial charge in [-0.05, 0) is 36.0 Å². The van der Waals surface area contributed by atoms with Crippen molar-refractivity contribution in [3.8, 4) is 11.3 Å². The van der Waals surface area contributed by atoms with Crippen molar-refractivity contribution in [1.29, 1.82) is 0 Å². The highest BCUT2D eigenvalue weighted by molar-refractivity contribution is 5.83. The molecule has 1 aliphatic carbocycles. The van der Waals surface area contributed by atoms with E-state index in [2.05, 4.69) is 34.3 Å². The van der Waals surface area contributed by atoms with E-state index in [0.717, 1.165) is 23.5 Å². The first-order valence-corrected chi connectivity index (χ1v) is 8.65. The van der Waals surface area contributed by atoms with Gasteiger partial charge < -0.3 is 10.3 Å². The maximum atomic E-state index is 12.4. The van der Waals surface area contributed by atoms with E-state index in [1.165, 1.54) is 11.1 Å². The van der Waals surface area contributed by atoms with Crippen molar-refractivity contribution in [2.75, 3.05) is 0 Å². The summed E-state index contributed by atoms with van der Waals surface area (Å²) in [4.78, 5) is 20.0. The molecule has 1 aliphatic rings. The van der Waals surface area contributed by atoms with Gasteiger partial charge in [-0.1, -0.05) is 54.6 Å². The molecule has 4 nitrogen and oxygen atoms in total. The van der Waals surface area contributed by atoms with Gasteiger partial charge in [0.05, 0.1) is 18.4 Å². The summed E-state index contributed by atoms with van der Waals surface area (Å²) in [6.45, 7) is 2.54. The number of aromatic nitrogens is 2. The van der Waals surface area contributed by atoms with Gasteiger partial charge in [0.2, 0.25) is 5.91 Å². The number of aryl methyl sites for hydroxylation is 1. The number of rotatable bonds is 5. The van der Waals surface area contributed by atoms with Gasteiger partial charge in [0.1, 0.15) is 5.82 Å². The van der Waals surface area contributed by atoms with Gasteiger partial charge >= 0.3 is 0 Å². The lowest BCUT2D eigenvalue weighted by atomic mass is 10.0. The third-order valence-electron chi connectivity index (χ3n) is 4.86. The van der Waals surface area contributed by atoms with Gasteiger partial charge in [-0.3, -0.25) is 4.79 Å². The molecular formula is C21H21N3O. The Hall–Kier alpha value is -2.88. The van der Waals surface area contributed by atoms with E-state index in [4.69, 9.17) is 0 Å². The number of imidazole rings is 1. The van der Waals surface area contributed by atoms with Crippen molar-refractivity contribution < 1.29 is 4.79 Å². The van der Waals surface area contributed by atoms with Crippen LogP contribution in [0.2, 0.25) is 0 Å². The number of benzene rings is 2. The van der Waals surface area contributed by atoms with Gasteiger partial charge in [-0.2, -0.15) is 0 Å². The molecule has 1 amide bonds. The van der Waals surface area contributed by atoms with Crippen LogP contribution in [0, 0.1) is 12.8 Å². The summed E-state index contributed by atoms with van der Waals surface area (Å²) in [6.07, 6.45) is 2.74. The fourth-order valence-electron chi connectivity index (χ4n) is 3.35. The molecule has 2 atom stereocenters. The summed E-state index contributed by atoms with van der Waals surface area (Å²) < 4.78 is 0. The van der Waals surface area contributed by atoms with Crippen molar-refractivity contribution >= 4 is 5.91 Å². The quantitative estimate of drug-likeness (QED) is 0.747. The second kappa shape index (κ2) is 6.55. The summed E-state index contributed by atoms with van der Waals surface area (Å²) in [7, 11) is 0. The number of aromatic amines is 1. The molecular weight excluding hydrogens is 310 g/mol. The smallest absolute Gasteiger partial charge is 0.224 e. The zero-order valence-electron chi connectivity index (χ0n) is 14.2. The minimum absolute atomic E-state index is 0.0876. The number of hydrogen-bond donors (Lipinski definition) is 2. The lowest BCUT2D eigenvalue weighted by Gasteiger charge is -2.05. The number of carbonyl (C=O) groups is 1. The molecule has 0 radical (unpaired) electrons. The molecule has 3 aromatic rings. The Balaban J connectivity index is 1.34. The normalized spacial score (nSPS) is 18.8. The van der Waals surface area contributed by atoms with E-state index in [1.54, 1.807) is 0 Å². The van der Waals surface area contributed by atoms with Crippen LogP contribution in [0.5, 0.6) is 0 Å². The molecule has 4 rings (SSSR count). The lowest BCUT2D eigenvalue weighted by Crippen LogP contribution is -2.25. The Kier molecular flexibility index (Phi) is 4.10. The molecule has 25 heavy (non-hydrogen) atoms. The Labute approximate surface area is 147 Å². The number of amides is 1. The van der Waals surface area contributed by atoms with Gasteiger partial charge in [0, 0.05) is 5.92 Å². The van der Waals surface area contributed by atoms with Gasteiger partial charge in [0.15, 0.2) is 0 Å². The monoisotopic (exact) mass is 331 g/mol. The number of nitrogens with zero attached hydrogens (tertiary/aromatic N) is 1. The second-order valence-corrected chi connectivity index (χ2v) is 6.63. The standard InChI is InChI=1S/C21H21N3O/c1-14-7-5-6-10-16(14)17-11-18(17)21(25)23-13-20-22-12-19(24-20)15-8-3-2-4-9-15/h2-10,12,17-18H,11,13H2,1H3,(H,22,24)(H,23,25). The average molecular weight is 331 g/mol. The predicted molar refractivity (Wildman–Crippen MR) is 97.9 cm³/mol. The Morgan fingerprint density at radius 2 is 1.92 bits per heavy atom. The molecule has 0 saturated heterocycles. The summed E-state index contributed by atoms with van der Waals surface area (Å²) in [5.74, 6) is 1.34. The van der Waals surface area contributed by atoms with Crippen LogP contribution < -0.4 is 5.32 Å². The number of H-pyrrole nitrogens is 1. The summed E-state index contributed by atoms with van der Waals surface area (Å²) >= 11 is 0. The molecule has 1 saturated carbocycles. The molecule has 4 heteroatoms. The summed E-state index contributed by atoms with van der Waals surface area (Å²) in [5, 5.41) is 3.01. The zero-order chi connectivity index (χ0) is 17.2. The molecule has 2 N–H and O–H groups in total. The largest absolute Gasteiger partial charge is 0.349 e. The number of carbonyl (C=O) groups excluding carboxylic acids is 1. The topological polar surface area (TPSA) is 57.8 Å². The van der Waals surface area contributed by atoms with Crippen molar-refractivity contribution in [3.05, 3.63) is 77.7 Å². The Bertz CT molecular complexity index is 885. The van der Waals surface area contributed by atoms with Crippen LogP contribution in [0.4, 0.5) is 0 Å². The maximum absolute atomic E-state index is 12.4. The zero-order valence-corrected chi connectivity index (χ0v) is 14.2. The average Bonchev–Trinajstić information content (AvgIpc) is 3.30. The molecule has 0 aliphatic heterocycles. The second-order valence-electron chi connectivity index (χ2n) is 6.63. The third-order valence-corrected chi connectivity index (χ3v) is 4.86. The summed E-state index contributed by atoms with van der Waals surface area (Å²) in [5.41, 5.74) is 4.62. The van der Waals surface area contributed by atoms with Gasteiger partial charge in [-0.15, -0.1) is 0 Å². The van der Waals surface area contributed by atoms with Crippen LogP contribution in [0.15, 0.2) is 60.8 Å². The molecule has 0 spiro atoms. The van der Waals surface area contributed by atoms with Gasteiger partial charge in [0.25, 0.3) is 0 Å². The SMILES string of the molecule is Cc1ccccc1C1CC1C(=O)NCc1ncc(-c2ccccc2)[nH]1. The van der Waals surface area contributed by atoms with E-state index < -0.39 is 0 Å². The van der Waals surface area contributed by atoms with Crippen molar-refractivity contribution in [1.82, 2.24) is 15.3 Å². The van der Waals surface area contributed by atoms with E-state index in [0.29, 0.717) is 12.5 Å². The summed E-state index contributed by atoms with van der Waals surface area (Å²) in [6, 6.07) is 18.4. The first kappa shape index (κ1) is 15.6. The highest BCUT2D eigenvalue weighted by Crippen LogP contribution is 2.48. The predicted octanol–water partition coefficient (Wildman–Crippen LogP) is 3.81. The minimum Gasteiger partial charge on any atom is -0.349 e. The van der Waals surface area contributed by atoms with Gasteiger partial charge in [-0.25, -0.2) is 4.98 Å². The van der Waals surface area contributed by atoms with E-state index in [1.807, 2.05) is 48.7 Å². The van der Waals surface area contributed by atoms with E-state index in [9.17, 15) is 4.79 Å². The Morgan fingerprint density at radius 3 is 2.72 bits per heavy atom. The number of nitrogens with one attached hydrogen (secondary N) is 2. The molecule has 1 fully saturated rings. The van der Waals surface area contributed by atoms with Crippen molar-refractivity contribution in [3.63, 3.8) is 0 Å². The van der Waals surface area contributed by atoms with Crippen LogP contribution in [0.3, 0.4) is 0 Å². The lowest BCUT2D eigenvalue weighted by molar-refractivity contribution is -0.122. The number of hydrogen-bond acceptors (Lipinski definition) is 2. The van der Waals surface area contributed by atoms with E-state index in [-0.39, 0.29) is 11.8 Å². The Morgan fingerprint density at radius 1 is 1.16 bits per heavy atom. The van der Waals surface area contributed by atoms with Crippen LogP contribution in [-0.2, 0) is 11.3 Å². The van der Waals surface area contributed by atoms with Crippen LogP contribution in [0.1, 0.15) is 29.3 Å². The molecule has 126 valence electrons. The first-order valence-electron chi connectivity index (χ1n) is 8.65. The highest BCUT2D eigenvalue weighted by Gasteiger charge is 2.44. The minimum atomic E-state index is 0.0876. The molecule has 0 bridgehead atoms. The molecule has 2 aromatic carbocycles. The molecule has 2 unspecified atom stereocenters.